The predicted octanol–water partition coefficient (Wildman–Crippen LogP) is 1.04. The molecule has 1 amide bonds. The highest BCUT2D eigenvalue weighted by molar-refractivity contribution is 5.81. The standard InChI is InChI=1S/C11H20N2O/c14-11(10-3-1-2-7-12-10)13-8-6-9-4-5-9/h9-10,12H,1-8H2,(H,13,14). The summed E-state index contributed by atoms with van der Waals surface area (Å²) in [5.41, 5.74) is 0. The van der Waals surface area contributed by atoms with Crippen molar-refractivity contribution in [3.05, 3.63) is 0 Å². The normalized spacial score (nSPS) is 27.3. The zero-order valence-electron chi connectivity index (χ0n) is 8.72. The molecule has 80 valence electrons. The van der Waals surface area contributed by atoms with E-state index in [1.807, 2.05) is 0 Å². The highest BCUT2D eigenvalue weighted by Gasteiger charge is 2.23. The van der Waals surface area contributed by atoms with Gasteiger partial charge in [-0.3, -0.25) is 4.79 Å². The second kappa shape index (κ2) is 4.78. The molecule has 2 aliphatic rings. The predicted molar refractivity (Wildman–Crippen MR) is 56.0 cm³/mol. The number of nitrogens with one attached hydrogen (secondary N) is 2. The van der Waals surface area contributed by atoms with Gasteiger partial charge in [0, 0.05) is 6.54 Å². The van der Waals surface area contributed by atoms with Crippen molar-refractivity contribution < 1.29 is 4.79 Å². The first-order chi connectivity index (χ1) is 6.86. The molecule has 1 aliphatic carbocycles. The minimum absolute atomic E-state index is 0.0861. The van der Waals surface area contributed by atoms with Crippen molar-refractivity contribution in [1.29, 1.82) is 0 Å². The van der Waals surface area contributed by atoms with Gasteiger partial charge in [0.25, 0.3) is 0 Å². The van der Waals surface area contributed by atoms with E-state index in [0.717, 1.165) is 25.4 Å². The van der Waals surface area contributed by atoms with Crippen LogP contribution in [0.3, 0.4) is 0 Å². The van der Waals surface area contributed by atoms with Gasteiger partial charge in [0.15, 0.2) is 0 Å². The molecule has 0 spiro atoms. The fourth-order valence-electron chi connectivity index (χ4n) is 2.00. The van der Waals surface area contributed by atoms with Gasteiger partial charge in [-0.2, -0.15) is 0 Å². The molecule has 1 atom stereocenters. The molecule has 2 rings (SSSR count). The number of hydrogen-bond donors (Lipinski definition) is 2. The Morgan fingerprint density at radius 2 is 2.14 bits per heavy atom. The Kier molecular flexibility index (Phi) is 3.40. The fraction of sp³-hybridized carbons (Fsp3) is 0.909. The van der Waals surface area contributed by atoms with Crippen molar-refractivity contribution in [2.45, 2.75) is 44.6 Å². The molecule has 2 fully saturated rings. The van der Waals surface area contributed by atoms with Crippen LogP contribution in [0, 0.1) is 5.92 Å². The van der Waals surface area contributed by atoms with Crippen LogP contribution in [0.15, 0.2) is 0 Å². The van der Waals surface area contributed by atoms with Crippen LogP contribution < -0.4 is 10.6 Å². The quantitative estimate of drug-likeness (QED) is 0.705. The molecule has 1 heterocycles. The van der Waals surface area contributed by atoms with Gasteiger partial charge in [0.2, 0.25) is 5.91 Å². The largest absolute Gasteiger partial charge is 0.355 e. The maximum atomic E-state index is 11.6. The summed E-state index contributed by atoms with van der Waals surface area (Å²) in [6.07, 6.45) is 7.34. The summed E-state index contributed by atoms with van der Waals surface area (Å²) in [5.74, 6) is 1.12. The topological polar surface area (TPSA) is 41.1 Å². The maximum Gasteiger partial charge on any atom is 0.237 e. The fourth-order valence-corrected chi connectivity index (χ4v) is 2.00. The van der Waals surface area contributed by atoms with E-state index in [1.54, 1.807) is 0 Å². The average Bonchev–Trinajstić information content (AvgIpc) is 3.03. The van der Waals surface area contributed by atoms with E-state index in [4.69, 9.17) is 0 Å². The van der Waals surface area contributed by atoms with E-state index < -0.39 is 0 Å². The molecule has 0 aromatic heterocycles. The van der Waals surface area contributed by atoms with Gasteiger partial charge in [-0.15, -0.1) is 0 Å². The molecule has 0 aromatic carbocycles. The van der Waals surface area contributed by atoms with E-state index >= 15 is 0 Å². The second-order valence-electron chi connectivity index (χ2n) is 4.53. The monoisotopic (exact) mass is 196 g/mol. The molecule has 3 nitrogen and oxygen atoms in total. The van der Waals surface area contributed by atoms with Crippen molar-refractivity contribution in [3.8, 4) is 0 Å². The third-order valence-electron chi connectivity index (χ3n) is 3.18. The number of hydrogen-bond acceptors (Lipinski definition) is 2. The Bertz CT molecular complexity index is 195. The van der Waals surface area contributed by atoms with Crippen molar-refractivity contribution in [2.75, 3.05) is 13.1 Å². The van der Waals surface area contributed by atoms with Crippen LogP contribution in [0.5, 0.6) is 0 Å². The van der Waals surface area contributed by atoms with E-state index in [1.165, 1.54) is 32.1 Å². The first kappa shape index (κ1) is 9.97. The van der Waals surface area contributed by atoms with E-state index in [0.29, 0.717) is 0 Å². The number of amides is 1. The molecule has 14 heavy (non-hydrogen) atoms. The third-order valence-corrected chi connectivity index (χ3v) is 3.18. The lowest BCUT2D eigenvalue weighted by atomic mass is 10.0. The summed E-state index contributed by atoms with van der Waals surface area (Å²) in [5, 5.41) is 6.28. The third kappa shape index (κ3) is 2.98. The second-order valence-corrected chi connectivity index (χ2v) is 4.53. The molecule has 1 aliphatic heterocycles. The first-order valence-electron chi connectivity index (χ1n) is 5.87. The van der Waals surface area contributed by atoms with Gasteiger partial charge in [-0.05, 0) is 31.7 Å². The van der Waals surface area contributed by atoms with Crippen molar-refractivity contribution in [2.24, 2.45) is 5.92 Å². The zero-order chi connectivity index (χ0) is 9.80. The van der Waals surface area contributed by atoms with Crippen molar-refractivity contribution in [3.63, 3.8) is 0 Å². The van der Waals surface area contributed by atoms with Gasteiger partial charge in [-0.1, -0.05) is 19.3 Å². The van der Waals surface area contributed by atoms with Crippen LogP contribution in [0.25, 0.3) is 0 Å². The summed E-state index contributed by atoms with van der Waals surface area (Å²) >= 11 is 0. The van der Waals surface area contributed by atoms with E-state index in [-0.39, 0.29) is 11.9 Å². The molecule has 1 unspecified atom stereocenters. The Balaban J connectivity index is 1.60. The first-order valence-corrected chi connectivity index (χ1v) is 5.87. The van der Waals surface area contributed by atoms with E-state index in [2.05, 4.69) is 10.6 Å². The lowest BCUT2D eigenvalue weighted by Crippen LogP contribution is -2.46. The molecule has 1 saturated heterocycles. The van der Waals surface area contributed by atoms with Crippen molar-refractivity contribution >= 4 is 5.91 Å². The van der Waals surface area contributed by atoms with Crippen LogP contribution >= 0.6 is 0 Å². The Labute approximate surface area is 85.6 Å². The van der Waals surface area contributed by atoms with Gasteiger partial charge in [0.05, 0.1) is 6.04 Å². The summed E-state index contributed by atoms with van der Waals surface area (Å²) in [6.45, 7) is 1.88. The van der Waals surface area contributed by atoms with Crippen LogP contribution in [-0.4, -0.2) is 25.0 Å². The lowest BCUT2D eigenvalue weighted by Gasteiger charge is -2.22. The molecular weight excluding hydrogens is 176 g/mol. The van der Waals surface area contributed by atoms with Crippen LogP contribution in [0.1, 0.15) is 38.5 Å². The van der Waals surface area contributed by atoms with Gasteiger partial charge < -0.3 is 10.6 Å². The number of carbonyl (C=O) groups is 1. The van der Waals surface area contributed by atoms with E-state index in [9.17, 15) is 4.79 Å². The Morgan fingerprint density at radius 3 is 2.79 bits per heavy atom. The minimum Gasteiger partial charge on any atom is -0.355 e. The van der Waals surface area contributed by atoms with Gasteiger partial charge in [0.1, 0.15) is 0 Å². The lowest BCUT2D eigenvalue weighted by molar-refractivity contribution is -0.123. The molecule has 2 N–H and O–H groups in total. The average molecular weight is 196 g/mol. The van der Waals surface area contributed by atoms with Crippen LogP contribution in [0.2, 0.25) is 0 Å². The van der Waals surface area contributed by atoms with Gasteiger partial charge in [-0.25, -0.2) is 0 Å². The van der Waals surface area contributed by atoms with Crippen LogP contribution in [0.4, 0.5) is 0 Å². The number of rotatable bonds is 4. The maximum absolute atomic E-state index is 11.6. The Morgan fingerprint density at radius 1 is 1.29 bits per heavy atom. The van der Waals surface area contributed by atoms with Crippen molar-refractivity contribution in [1.82, 2.24) is 10.6 Å². The summed E-state index contributed by atoms with van der Waals surface area (Å²) in [6, 6.07) is 0.0861. The molecule has 0 bridgehead atoms. The minimum atomic E-state index is 0.0861. The number of carbonyl (C=O) groups excluding carboxylic acids is 1. The molecule has 1 saturated carbocycles. The molecule has 0 radical (unpaired) electrons. The zero-order valence-corrected chi connectivity index (χ0v) is 8.72. The molecular formula is C11H20N2O. The SMILES string of the molecule is O=C(NCCC1CC1)C1CCCCN1. The Hall–Kier alpha value is -0.570. The molecule has 0 aromatic rings. The van der Waals surface area contributed by atoms with Crippen LogP contribution in [-0.2, 0) is 4.79 Å². The van der Waals surface area contributed by atoms with Gasteiger partial charge >= 0.3 is 0 Å². The summed E-state index contributed by atoms with van der Waals surface area (Å²) < 4.78 is 0. The highest BCUT2D eigenvalue weighted by atomic mass is 16.2. The highest BCUT2D eigenvalue weighted by Crippen LogP contribution is 2.31. The summed E-state index contributed by atoms with van der Waals surface area (Å²) in [7, 11) is 0. The summed E-state index contributed by atoms with van der Waals surface area (Å²) in [4.78, 5) is 11.6. The smallest absolute Gasteiger partial charge is 0.237 e. The molecule has 3 heteroatoms. The number of piperidine rings is 1.